The molecule has 5 heteroatoms. The SMILES string of the molecule is Cc1ccc(N2CCC(C=O)CC2)cc1[N+](=O)[O-]. The minimum Gasteiger partial charge on any atom is -0.371 e. The molecular weight excluding hydrogens is 232 g/mol. The molecule has 1 aliphatic rings. The maximum absolute atomic E-state index is 10.9. The third-order valence-corrected chi connectivity index (χ3v) is 3.49. The molecule has 0 radical (unpaired) electrons. The summed E-state index contributed by atoms with van der Waals surface area (Å²) in [6, 6.07) is 5.30. The molecule has 1 aromatic rings. The molecule has 0 bridgehead atoms. The van der Waals surface area contributed by atoms with Gasteiger partial charge >= 0.3 is 0 Å². The van der Waals surface area contributed by atoms with Crippen LogP contribution in [0.1, 0.15) is 18.4 Å². The summed E-state index contributed by atoms with van der Waals surface area (Å²) in [6.07, 6.45) is 2.66. The maximum atomic E-state index is 10.9. The highest BCUT2D eigenvalue weighted by Crippen LogP contribution is 2.27. The normalized spacial score (nSPS) is 16.6. The van der Waals surface area contributed by atoms with Crippen LogP contribution in [0.3, 0.4) is 0 Å². The Morgan fingerprint density at radius 2 is 2.06 bits per heavy atom. The van der Waals surface area contributed by atoms with Crippen LogP contribution in [0.25, 0.3) is 0 Å². The number of benzene rings is 1. The van der Waals surface area contributed by atoms with Crippen LogP contribution in [0.2, 0.25) is 0 Å². The van der Waals surface area contributed by atoms with Gasteiger partial charge in [-0.25, -0.2) is 0 Å². The summed E-state index contributed by atoms with van der Waals surface area (Å²) in [7, 11) is 0. The first-order valence-electron chi connectivity index (χ1n) is 6.07. The molecule has 0 N–H and O–H groups in total. The second-order valence-electron chi connectivity index (χ2n) is 4.69. The van der Waals surface area contributed by atoms with E-state index in [0.29, 0.717) is 5.56 Å². The van der Waals surface area contributed by atoms with Crippen molar-refractivity contribution in [2.45, 2.75) is 19.8 Å². The van der Waals surface area contributed by atoms with E-state index in [-0.39, 0.29) is 16.5 Å². The van der Waals surface area contributed by atoms with Crippen LogP contribution in [0, 0.1) is 23.0 Å². The van der Waals surface area contributed by atoms with Crippen molar-refractivity contribution in [3.8, 4) is 0 Å². The first-order valence-corrected chi connectivity index (χ1v) is 6.07. The lowest BCUT2D eigenvalue weighted by molar-refractivity contribution is -0.385. The van der Waals surface area contributed by atoms with Crippen molar-refractivity contribution in [3.63, 3.8) is 0 Å². The Morgan fingerprint density at radius 3 is 2.61 bits per heavy atom. The van der Waals surface area contributed by atoms with Gasteiger partial charge in [-0.1, -0.05) is 6.07 Å². The number of hydrogen-bond donors (Lipinski definition) is 0. The number of rotatable bonds is 3. The number of nitro groups is 1. The molecule has 1 saturated heterocycles. The summed E-state index contributed by atoms with van der Waals surface area (Å²) in [5, 5.41) is 10.9. The third kappa shape index (κ3) is 2.50. The average Bonchev–Trinajstić information content (AvgIpc) is 2.39. The Balaban J connectivity index is 2.17. The van der Waals surface area contributed by atoms with E-state index in [1.54, 1.807) is 19.1 Å². The van der Waals surface area contributed by atoms with E-state index < -0.39 is 0 Å². The van der Waals surface area contributed by atoms with Crippen molar-refractivity contribution in [3.05, 3.63) is 33.9 Å². The van der Waals surface area contributed by atoms with Crippen LogP contribution in [0.15, 0.2) is 18.2 Å². The lowest BCUT2D eigenvalue weighted by Crippen LogP contribution is -2.34. The van der Waals surface area contributed by atoms with E-state index in [1.165, 1.54) is 0 Å². The fraction of sp³-hybridized carbons (Fsp3) is 0.462. The second-order valence-corrected chi connectivity index (χ2v) is 4.69. The van der Waals surface area contributed by atoms with Gasteiger partial charge in [0.1, 0.15) is 6.29 Å². The fourth-order valence-electron chi connectivity index (χ4n) is 2.28. The predicted molar refractivity (Wildman–Crippen MR) is 68.8 cm³/mol. The van der Waals surface area contributed by atoms with Crippen molar-refractivity contribution < 1.29 is 9.72 Å². The molecule has 18 heavy (non-hydrogen) atoms. The van der Waals surface area contributed by atoms with Gasteiger partial charge in [-0.2, -0.15) is 0 Å². The summed E-state index contributed by atoms with van der Waals surface area (Å²) >= 11 is 0. The van der Waals surface area contributed by atoms with Gasteiger partial charge in [0.15, 0.2) is 0 Å². The molecule has 0 unspecified atom stereocenters. The van der Waals surface area contributed by atoms with E-state index in [1.807, 2.05) is 6.07 Å². The van der Waals surface area contributed by atoms with Crippen LogP contribution < -0.4 is 4.90 Å². The topological polar surface area (TPSA) is 63.5 Å². The minimum atomic E-state index is -0.350. The number of anilines is 1. The molecule has 0 atom stereocenters. The quantitative estimate of drug-likeness (QED) is 0.468. The van der Waals surface area contributed by atoms with Gasteiger partial charge in [0.05, 0.1) is 4.92 Å². The molecule has 1 heterocycles. The summed E-state index contributed by atoms with van der Waals surface area (Å²) in [6.45, 7) is 3.30. The molecule has 0 aromatic heterocycles. The van der Waals surface area contributed by atoms with Gasteiger partial charge in [-0.3, -0.25) is 10.1 Å². The van der Waals surface area contributed by atoms with Gasteiger partial charge in [0, 0.05) is 36.3 Å². The number of carbonyl (C=O) groups excluding carboxylic acids is 1. The number of nitro benzene ring substituents is 1. The Morgan fingerprint density at radius 1 is 1.39 bits per heavy atom. The Kier molecular flexibility index (Phi) is 3.60. The highest BCUT2D eigenvalue weighted by molar-refractivity contribution is 5.58. The maximum Gasteiger partial charge on any atom is 0.274 e. The van der Waals surface area contributed by atoms with Gasteiger partial charge in [0.2, 0.25) is 0 Å². The zero-order valence-corrected chi connectivity index (χ0v) is 10.3. The number of hydrogen-bond acceptors (Lipinski definition) is 4. The van der Waals surface area contributed by atoms with Gasteiger partial charge in [-0.05, 0) is 25.8 Å². The Bertz CT molecular complexity index is 465. The van der Waals surface area contributed by atoms with Gasteiger partial charge in [-0.15, -0.1) is 0 Å². The smallest absolute Gasteiger partial charge is 0.274 e. The number of aryl methyl sites for hydroxylation is 1. The Hall–Kier alpha value is -1.91. The van der Waals surface area contributed by atoms with E-state index in [4.69, 9.17) is 0 Å². The number of piperidine rings is 1. The van der Waals surface area contributed by atoms with Crippen LogP contribution >= 0.6 is 0 Å². The molecular formula is C13H16N2O3. The summed E-state index contributed by atoms with van der Waals surface area (Å²) in [4.78, 5) is 23.3. The zero-order chi connectivity index (χ0) is 13.1. The third-order valence-electron chi connectivity index (χ3n) is 3.49. The van der Waals surface area contributed by atoms with E-state index in [0.717, 1.165) is 37.9 Å². The number of aldehydes is 1. The summed E-state index contributed by atoms with van der Waals surface area (Å²) in [5.41, 5.74) is 1.70. The zero-order valence-electron chi connectivity index (χ0n) is 10.3. The monoisotopic (exact) mass is 248 g/mol. The molecule has 1 aromatic carbocycles. The standard InChI is InChI=1S/C13H16N2O3/c1-10-2-3-12(8-13(10)15(17)18)14-6-4-11(9-16)5-7-14/h2-3,8-9,11H,4-7H2,1H3. The molecule has 1 fully saturated rings. The number of carbonyl (C=O) groups is 1. The molecule has 0 aliphatic carbocycles. The highest BCUT2D eigenvalue weighted by Gasteiger charge is 2.20. The number of nitrogens with zero attached hydrogens (tertiary/aromatic N) is 2. The minimum absolute atomic E-state index is 0.140. The molecule has 0 spiro atoms. The lowest BCUT2D eigenvalue weighted by Gasteiger charge is -2.31. The van der Waals surface area contributed by atoms with Crippen LogP contribution in [-0.2, 0) is 4.79 Å². The first-order chi connectivity index (χ1) is 8.61. The summed E-state index contributed by atoms with van der Waals surface area (Å²) in [5.74, 6) is 0.140. The first kappa shape index (κ1) is 12.5. The van der Waals surface area contributed by atoms with Crippen LogP contribution in [0.5, 0.6) is 0 Å². The van der Waals surface area contributed by atoms with Gasteiger partial charge < -0.3 is 9.69 Å². The lowest BCUT2D eigenvalue weighted by atomic mass is 9.98. The van der Waals surface area contributed by atoms with Crippen LogP contribution in [-0.4, -0.2) is 24.3 Å². The molecule has 96 valence electrons. The highest BCUT2D eigenvalue weighted by atomic mass is 16.6. The average molecular weight is 248 g/mol. The molecule has 2 rings (SSSR count). The van der Waals surface area contributed by atoms with E-state index in [2.05, 4.69) is 4.90 Å². The molecule has 0 saturated carbocycles. The second kappa shape index (κ2) is 5.16. The van der Waals surface area contributed by atoms with E-state index >= 15 is 0 Å². The van der Waals surface area contributed by atoms with E-state index in [9.17, 15) is 14.9 Å². The largest absolute Gasteiger partial charge is 0.371 e. The van der Waals surface area contributed by atoms with Crippen molar-refractivity contribution >= 4 is 17.7 Å². The van der Waals surface area contributed by atoms with Crippen molar-refractivity contribution in [2.75, 3.05) is 18.0 Å². The predicted octanol–water partition coefficient (Wildman–Crippen LogP) is 2.32. The van der Waals surface area contributed by atoms with Crippen molar-refractivity contribution in [1.82, 2.24) is 0 Å². The fourth-order valence-corrected chi connectivity index (χ4v) is 2.28. The van der Waals surface area contributed by atoms with Crippen LogP contribution in [0.4, 0.5) is 11.4 Å². The van der Waals surface area contributed by atoms with Gasteiger partial charge in [0.25, 0.3) is 5.69 Å². The summed E-state index contributed by atoms with van der Waals surface area (Å²) < 4.78 is 0. The molecule has 1 aliphatic heterocycles. The van der Waals surface area contributed by atoms with Crippen molar-refractivity contribution in [1.29, 1.82) is 0 Å². The molecule has 0 amide bonds. The molecule has 5 nitrogen and oxygen atoms in total. The van der Waals surface area contributed by atoms with Crippen molar-refractivity contribution in [2.24, 2.45) is 5.92 Å². The Labute approximate surface area is 106 Å².